The van der Waals surface area contributed by atoms with Gasteiger partial charge in [0.05, 0.1) is 27.4 Å². The molecular weight excluding hydrogens is 386 g/mol. The molecule has 1 fully saturated rings. The highest BCUT2D eigenvalue weighted by Crippen LogP contribution is 2.32. The van der Waals surface area contributed by atoms with Crippen molar-refractivity contribution in [3.63, 3.8) is 0 Å². The van der Waals surface area contributed by atoms with Crippen molar-refractivity contribution in [3.05, 3.63) is 23.3 Å². The Morgan fingerprint density at radius 2 is 1.90 bits per heavy atom. The lowest BCUT2D eigenvalue weighted by Gasteiger charge is -2.33. The van der Waals surface area contributed by atoms with Crippen LogP contribution in [0.4, 0.5) is 4.79 Å². The Morgan fingerprint density at radius 3 is 2.57 bits per heavy atom. The van der Waals surface area contributed by atoms with Crippen molar-refractivity contribution >= 4 is 12.1 Å². The van der Waals surface area contributed by atoms with Gasteiger partial charge in [0.25, 0.3) is 0 Å². The minimum absolute atomic E-state index is 0.254. The molecule has 0 saturated carbocycles. The summed E-state index contributed by atoms with van der Waals surface area (Å²) in [6.45, 7) is 7.12. The molecule has 0 aromatic heterocycles. The monoisotopic (exact) mass is 421 g/mol. The molecule has 0 unspecified atom stereocenters. The van der Waals surface area contributed by atoms with Gasteiger partial charge in [-0.25, -0.2) is 9.59 Å². The molecule has 1 aliphatic rings. The fourth-order valence-corrected chi connectivity index (χ4v) is 3.63. The largest absolute Gasteiger partial charge is 0.493 e. The molecular formula is C23H35NO6. The van der Waals surface area contributed by atoms with Crippen LogP contribution in [0.2, 0.25) is 0 Å². The highest BCUT2D eigenvalue weighted by molar-refractivity contribution is 5.81. The van der Waals surface area contributed by atoms with Crippen LogP contribution in [0.3, 0.4) is 0 Å². The van der Waals surface area contributed by atoms with Crippen LogP contribution in [0, 0.1) is 12.8 Å². The van der Waals surface area contributed by atoms with Gasteiger partial charge in [0, 0.05) is 6.54 Å². The third-order valence-electron chi connectivity index (χ3n) is 5.13. The Bertz CT molecular complexity index is 718. The first-order chi connectivity index (χ1) is 14.4. The second-order valence-electron chi connectivity index (χ2n) is 8.10. The van der Waals surface area contributed by atoms with E-state index in [9.17, 15) is 9.59 Å². The fourth-order valence-electron chi connectivity index (χ4n) is 3.63. The average molecular weight is 422 g/mol. The van der Waals surface area contributed by atoms with E-state index in [4.69, 9.17) is 18.9 Å². The number of carbonyl (C=O) groups excluding carboxylic acids is 2. The van der Waals surface area contributed by atoms with Gasteiger partial charge in [-0.2, -0.15) is 0 Å². The van der Waals surface area contributed by atoms with Crippen molar-refractivity contribution in [2.75, 3.05) is 34.0 Å². The number of nitrogens with zero attached hydrogens (tertiary/aromatic N) is 1. The van der Waals surface area contributed by atoms with Crippen LogP contribution in [0.1, 0.15) is 50.7 Å². The summed E-state index contributed by atoms with van der Waals surface area (Å²) in [5.74, 6) is 1.33. The summed E-state index contributed by atoms with van der Waals surface area (Å²) in [6, 6.07) is 3.44. The minimum Gasteiger partial charge on any atom is -0.493 e. The molecule has 0 bridgehead atoms. The number of piperidine rings is 1. The van der Waals surface area contributed by atoms with Gasteiger partial charge in [-0.15, -0.1) is 0 Å². The number of likely N-dealkylation sites (tertiary alicyclic amines) is 1. The van der Waals surface area contributed by atoms with Crippen molar-refractivity contribution in [3.8, 4) is 11.5 Å². The number of hydrogen-bond acceptors (Lipinski definition) is 6. The Morgan fingerprint density at radius 1 is 1.13 bits per heavy atom. The standard InChI is InChI=1S/C23H35NO6/c1-16(2)15-30-23(26)24-11-7-6-10-19(24)22(25)29-12-8-9-18-13-17(3)21(28-5)20(14-18)27-4/h13-14,16,19H,6-12,15H2,1-5H3/t19-/m0/s1. The lowest BCUT2D eigenvalue weighted by atomic mass is 10.0. The molecule has 1 saturated heterocycles. The molecule has 1 amide bonds. The Labute approximate surface area is 179 Å². The molecule has 0 aliphatic carbocycles. The maximum absolute atomic E-state index is 12.6. The van der Waals surface area contributed by atoms with E-state index >= 15 is 0 Å². The third-order valence-corrected chi connectivity index (χ3v) is 5.13. The first-order valence-corrected chi connectivity index (χ1v) is 10.7. The zero-order valence-corrected chi connectivity index (χ0v) is 18.9. The number of rotatable bonds is 9. The number of aryl methyl sites for hydroxylation is 2. The number of methoxy groups -OCH3 is 2. The van der Waals surface area contributed by atoms with Crippen molar-refractivity contribution in [2.45, 2.75) is 58.9 Å². The number of amides is 1. The second-order valence-corrected chi connectivity index (χ2v) is 8.10. The number of ether oxygens (including phenoxy) is 4. The van der Waals surface area contributed by atoms with Crippen LogP contribution >= 0.6 is 0 Å². The van der Waals surface area contributed by atoms with E-state index in [1.54, 1.807) is 14.2 Å². The van der Waals surface area contributed by atoms with Crippen LogP contribution in [-0.4, -0.2) is 57.0 Å². The third kappa shape index (κ3) is 6.54. The predicted octanol–water partition coefficient (Wildman–Crippen LogP) is 4.14. The summed E-state index contributed by atoms with van der Waals surface area (Å²) in [6.07, 6.45) is 3.40. The van der Waals surface area contributed by atoms with Crippen LogP contribution in [0.25, 0.3) is 0 Å². The molecule has 1 aromatic rings. The molecule has 1 aliphatic heterocycles. The zero-order chi connectivity index (χ0) is 22.1. The molecule has 168 valence electrons. The topological polar surface area (TPSA) is 74.3 Å². The Kier molecular flexibility index (Phi) is 9.27. The summed E-state index contributed by atoms with van der Waals surface area (Å²) in [4.78, 5) is 26.5. The van der Waals surface area contributed by atoms with Crippen molar-refractivity contribution in [2.24, 2.45) is 5.92 Å². The molecule has 1 atom stereocenters. The predicted molar refractivity (Wildman–Crippen MR) is 114 cm³/mol. The van der Waals surface area contributed by atoms with Gasteiger partial charge in [0.2, 0.25) is 0 Å². The van der Waals surface area contributed by atoms with Gasteiger partial charge in [-0.3, -0.25) is 4.90 Å². The summed E-state index contributed by atoms with van der Waals surface area (Å²) in [7, 11) is 3.24. The molecule has 2 rings (SSSR count). The minimum atomic E-state index is -0.554. The molecule has 1 heterocycles. The fraction of sp³-hybridized carbons (Fsp3) is 0.652. The van der Waals surface area contributed by atoms with E-state index in [1.165, 1.54) is 4.90 Å². The SMILES string of the molecule is COc1cc(CCCOC(=O)[C@@H]2CCCCN2C(=O)OCC(C)C)cc(C)c1OC. The molecule has 0 N–H and O–H groups in total. The van der Waals surface area contributed by atoms with E-state index in [2.05, 4.69) is 6.07 Å². The number of benzene rings is 1. The summed E-state index contributed by atoms with van der Waals surface area (Å²) in [5.41, 5.74) is 2.10. The Hall–Kier alpha value is -2.44. The quantitative estimate of drug-likeness (QED) is 0.441. The molecule has 1 aromatic carbocycles. The molecule has 0 spiro atoms. The first-order valence-electron chi connectivity index (χ1n) is 10.7. The molecule has 0 radical (unpaired) electrons. The lowest BCUT2D eigenvalue weighted by molar-refractivity contribution is -0.150. The maximum atomic E-state index is 12.6. The molecule has 30 heavy (non-hydrogen) atoms. The summed E-state index contributed by atoms with van der Waals surface area (Å²) >= 11 is 0. The van der Waals surface area contributed by atoms with Gasteiger partial charge in [-0.05, 0) is 62.1 Å². The van der Waals surface area contributed by atoms with E-state index in [1.807, 2.05) is 26.8 Å². The maximum Gasteiger partial charge on any atom is 0.410 e. The number of hydrogen-bond donors (Lipinski definition) is 0. The summed E-state index contributed by atoms with van der Waals surface area (Å²) < 4.78 is 21.6. The second kappa shape index (κ2) is 11.7. The van der Waals surface area contributed by atoms with Gasteiger partial charge in [-0.1, -0.05) is 19.9 Å². The smallest absolute Gasteiger partial charge is 0.410 e. The van der Waals surface area contributed by atoms with Crippen LogP contribution in [0.5, 0.6) is 11.5 Å². The summed E-state index contributed by atoms with van der Waals surface area (Å²) in [5, 5.41) is 0. The van der Waals surface area contributed by atoms with Crippen molar-refractivity contribution in [1.82, 2.24) is 4.90 Å². The van der Waals surface area contributed by atoms with Gasteiger partial charge < -0.3 is 18.9 Å². The zero-order valence-electron chi connectivity index (χ0n) is 18.9. The number of esters is 1. The van der Waals surface area contributed by atoms with Gasteiger partial charge >= 0.3 is 12.1 Å². The van der Waals surface area contributed by atoms with Crippen molar-refractivity contribution < 1.29 is 28.5 Å². The lowest BCUT2D eigenvalue weighted by Crippen LogP contribution is -2.49. The van der Waals surface area contributed by atoms with E-state index in [0.717, 1.165) is 36.1 Å². The van der Waals surface area contributed by atoms with E-state index in [0.29, 0.717) is 38.3 Å². The number of carbonyl (C=O) groups is 2. The van der Waals surface area contributed by atoms with Crippen LogP contribution in [0.15, 0.2) is 12.1 Å². The van der Waals surface area contributed by atoms with E-state index in [-0.39, 0.29) is 11.9 Å². The van der Waals surface area contributed by atoms with Crippen LogP contribution in [-0.2, 0) is 20.7 Å². The normalized spacial score (nSPS) is 16.3. The molecule has 7 heteroatoms. The van der Waals surface area contributed by atoms with Gasteiger partial charge in [0.1, 0.15) is 6.04 Å². The van der Waals surface area contributed by atoms with Crippen LogP contribution < -0.4 is 9.47 Å². The highest BCUT2D eigenvalue weighted by Gasteiger charge is 2.34. The molecule has 7 nitrogen and oxygen atoms in total. The van der Waals surface area contributed by atoms with E-state index < -0.39 is 12.1 Å². The Balaban J connectivity index is 1.86. The average Bonchev–Trinajstić information content (AvgIpc) is 2.74. The van der Waals surface area contributed by atoms with Crippen molar-refractivity contribution in [1.29, 1.82) is 0 Å². The highest BCUT2D eigenvalue weighted by atomic mass is 16.6. The first kappa shape index (κ1) is 23.8. The van der Waals surface area contributed by atoms with Gasteiger partial charge in [0.15, 0.2) is 11.5 Å².